The van der Waals surface area contributed by atoms with Gasteiger partial charge >= 0.3 is 0 Å². The molecular weight excluding hydrogens is 238 g/mol. The van der Waals surface area contributed by atoms with Gasteiger partial charge in [-0.2, -0.15) is 0 Å². The van der Waals surface area contributed by atoms with Crippen molar-refractivity contribution >= 4 is 11.6 Å². The summed E-state index contributed by atoms with van der Waals surface area (Å²) in [7, 11) is 0. The fourth-order valence-corrected chi connectivity index (χ4v) is 2.23. The lowest BCUT2D eigenvalue weighted by Gasteiger charge is -2.21. The third-order valence-corrected chi connectivity index (χ3v) is 3.36. The third kappa shape index (κ3) is 4.65. The number of anilines is 1. The highest BCUT2D eigenvalue weighted by molar-refractivity contribution is 5.92. The monoisotopic (exact) mass is 261 g/mol. The van der Waals surface area contributed by atoms with Gasteiger partial charge in [0.2, 0.25) is 5.91 Å². The molecule has 1 saturated carbocycles. The van der Waals surface area contributed by atoms with Crippen LogP contribution in [0.15, 0.2) is 24.3 Å². The second-order valence-electron chi connectivity index (χ2n) is 5.26. The van der Waals surface area contributed by atoms with Crippen molar-refractivity contribution in [2.75, 3.05) is 25.0 Å². The predicted molar refractivity (Wildman–Crippen MR) is 78.1 cm³/mol. The van der Waals surface area contributed by atoms with E-state index in [9.17, 15) is 4.79 Å². The van der Waals surface area contributed by atoms with Crippen molar-refractivity contribution in [2.45, 2.75) is 32.2 Å². The van der Waals surface area contributed by atoms with Crippen molar-refractivity contribution < 1.29 is 4.79 Å². The van der Waals surface area contributed by atoms with Gasteiger partial charge in [0.05, 0.1) is 6.54 Å². The molecule has 0 bridgehead atoms. The van der Waals surface area contributed by atoms with E-state index in [2.05, 4.69) is 10.2 Å². The van der Waals surface area contributed by atoms with E-state index in [1.54, 1.807) is 0 Å². The first-order chi connectivity index (χ1) is 9.19. The number of hydrogen-bond acceptors (Lipinski definition) is 3. The molecule has 4 heteroatoms. The quantitative estimate of drug-likeness (QED) is 0.786. The molecule has 0 aromatic heterocycles. The molecule has 0 heterocycles. The molecule has 104 valence electrons. The lowest BCUT2D eigenvalue weighted by molar-refractivity contribution is -0.117. The highest BCUT2D eigenvalue weighted by Gasteiger charge is 2.29. The zero-order valence-corrected chi connectivity index (χ0v) is 11.6. The van der Waals surface area contributed by atoms with Gasteiger partial charge in [-0.1, -0.05) is 12.1 Å². The van der Waals surface area contributed by atoms with E-state index in [4.69, 9.17) is 5.73 Å². The summed E-state index contributed by atoms with van der Waals surface area (Å²) in [4.78, 5) is 14.3. The minimum atomic E-state index is 0.0644. The molecule has 3 N–H and O–H groups in total. The Balaban J connectivity index is 1.85. The first-order valence-corrected chi connectivity index (χ1v) is 6.99. The van der Waals surface area contributed by atoms with Crippen molar-refractivity contribution in [2.24, 2.45) is 5.73 Å². The van der Waals surface area contributed by atoms with Crippen LogP contribution in [0.4, 0.5) is 5.69 Å². The lowest BCUT2D eigenvalue weighted by atomic mass is 10.2. The van der Waals surface area contributed by atoms with Gasteiger partial charge in [0.25, 0.3) is 0 Å². The van der Waals surface area contributed by atoms with Gasteiger partial charge in [0, 0.05) is 18.3 Å². The van der Waals surface area contributed by atoms with Crippen molar-refractivity contribution in [3.05, 3.63) is 29.8 Å². The van der Waals surface area contributed by atoms with E-state index >= 15 is 0 Å². The summed E-state index contributed by atoms with van der Waals surface area (Å²) in [5, 5.41) is 2.96. The molecule has 0 unspecified atom stereocenters. The third-order valence-electron chi connectivity index (χ3n) is 3.36. The van der Waals surface area contributed by atoms with Gasteiger partial charge in [0.1, 0.15) is 0 Å². The van der Waals surface area contributed by atoms with Crippen LogP contribution < -0.4 is 11.1 Å². The summed E-state index contributed by atoms with van der Waals surface area (Å²) < 4.78 is 0. The number of amides is 1. The first kappa shape index (κ1) is 14.0. The fraction of sp³-hybridized carbons (Fsp3) is 0.533. The van der Waals surface area contributed by atoms with Crippen LogP contribution in [-0.2, 0) is 4.79 Å². The molecule has 2 rings (SSSR count). The number of nitrogens with two attached hydrogens (primary N) is 1. The van der Waals surface area contributed by atoms with Crippen LogP contribution in [0.3, 0.4) is 0 Å². The lowest BCUT2D eigenvalue weighted by Crippen LogP contribution is -2.36. The van der Waals surface area contributed by atoms with Gasteiger partial charge in [-0.05, 0) is 50.4 Å². The topological polar surface area (TPSA) is 58.4 Å². The Morgan fingerprint density at radius 2 is 2.26 bits per heavy atom. The molecule has 1 aliphatic rings. The maximum atomic E-state index is 12.0. The summed E-state index contributed by atoms with van der Waals surface area (Å²) in [5.74, 6) is 0.0644. The van der Waals surface area contributed by atoms with Gasteiger partial charge < -0.3 is 11.1 Å². The Morgan fingerprint density at radius 3 is 2.89 bits per heavy atom. The molecule has 0 spiro atoms. The van der Waals surface area contributed by atoms with Crippen LogP contribution >= 0.6 is 0 Å². The van der Waals surface area contributed by atoms with Crippen LogP contribution in [0.1, 0.15) is 24.8 Å². The highest BCUT2D eigenvalue weighted by Crippen LogP contribution is 2.26. The number of aryl methyl sites for hydroxylation is 1. The number of carbonyl (C=O) groups excluding carboxylic acids is 1. The van der Waals surface area contributed by atoms with Crippen LogP contribution in [-0.4, -0.2) is 36.5 Å². The molecule has 1 aromatic carbocycles. The zero-order valence-electron chi connectivity index (χ0n) is 11.6. The van der Waals surface area contributed by atoms with Crippen molar-refractivity contribution in [1.29, 1.82) is 0 Å². The molecule has 19 heavy (non-hydrogen) atoms. The molecule has 1 aliphatic carbocycles. The van der Waals surface area contributed by atoms with E-state index in [0.29, 0.717) is 19.1 Å². The first-order valence-electron chi connectivity index (χ1n) is 6.99. The van der Waals surface area contributed by atoms with E-state index in [0.717, 1.165) is 24.2 Å². The van der Waals surface area contributed by atoms with Gasteiger partial charge in [-0.3, -0.25) is 9.69 Å². The summed E-state index contributed by atoms with van der Waals surface area (Å²) in [5.41, 5.74) is 7.57. The Bertz CT molecular complexity index is 429. The standard InChI is InChI=1S/C15H23N3O/c1-12-4-2-5-13(10-12)17-15(19)11-18(9-3-8-16)14-6-7-14/h2,4-5,10,14H,3,6-9,11,16H2,1H3,(H,17,19). The van der Waals surface area contributed by atoms with Gasteiger partial charge in [-0.25, -0.2) is 0 Å². The SMILES string of the molecule is Cc1cccc(NC(=O)CN(CCCN)C2CC2)c1. The number of rotatable bonds is 7. The van der Waals surface area contributed by atoms with Crippen LogP contribution in [0.25, 0.3) is 0 Å². The Hall–Kier alpha value is -1.39. The number of benzene rings is 1. The second-order valence-corrected chi connectivity index (χ2v) is 5.26. The van der Waals surface area contributed by atoms with Crippen molar-refractivity contribution in [3.8, 4) is 0 Å². The van der Waals surface area contributed by atoms with E-state index in [-0.39, 0.29) is 5.91 Å². The van der Waals surface area contributed by atoms with E-state index in [1.807, 2.05) is 31.2 Å². The van der Waals surface area contributed by atoms with Crippen molar-refractivity contribution in [3.63, 3.8) is 0 Å². The average molecular weight is 261 g/mol. The zero-order chi connectivity index (χ0) is 13.7. The second kappa shape index (κ2) is 6.68. The normalized spacial score (nSPS) is 14.7. The smallest absolute Gasteiger partial charge is 0.238 e. The number of hydrogen-bond donors (Lipinski definition) is 2. The van der Waals surface area contributed by atoms with Gasteiger partial charge in [-0.15, -0.1) is 0 Å². The van der Waals surface area contributed by atoms with E-state index in [1.165, 1.54) is 12.8 Å². The maximum absolute atomic E-state index is 12.0. The summed E-state index contributed by atoms with van der Waals surface area (Å²) in [6, 6.07) is 8.48. The minimum Gasteiger partial charge on any atom is -0.330 e. The number of nitrogens with zero attached hydrogens (tertiary/aromatic N) is 1. The maximum Gasteiger partial charge on any atom is 0.238 e. The molecule has 0 radical (unpaired) electrons. The minimum absolute atomic E-state index is 0.0644. The summed E-state index contributed by atoms with van der Waals surface area (Å²) >= 11 is 0. The highest BCUT2D eigenvalue weighted by atomic mass is 16.2. The fourth-order valence-electron chi connectivity index (χ4n) is 2.23. The summed E-state index contributed by atoms with van der Waals surface area (Å²) in [6.07, 6.45) is 3.37. The number of carbonyl (C=O) groups is 1. The van der Waals surface area contributed by atoms with Crippen molar-refractivity contribution in [1.82, 2.24) is 4.90 Å². The summed E-state index contributed by atoms with van der Waals surface area (Å²) in [6.45, 7) is 4.09. The van der Waals surface area contributed by atoms with Crippen LogP contribution in [0, 0.1) is 6.92 Å². The average Bonchev–Trinajstić information content (AvgIpc) is 3.18. The molecular formula is C15H23N3O. The number of nitrogens with one attached hydrogen (secondary N) is 1. The molecule has 0 aliphatic heterocycles. The predicted octanol–water partition coefficient (Wildman–Crippen LogP) is 1.75. The Kier molecular flexibility index (Phi) is 4.93. The molecule has 4 nitrogen and oxygen atoms in total. The Labute approximate surface area is 115 Å². The van der Waals surface area contributed by atoms with Crippen LogP contribution in [0.2, 0.25) is 0 Å². The van der Waals surface area contributed by atoms with Gasteiger partial charge in [0.15, 0.2) is 0 Å². The van der Waals surface area contributed by atoms with E-state index < -0.39 is 0 Å². The molecule has 1 amide bonds. The largest absolute Gasteiger partial charge is 0.330 e. The molecule has 0 atom stereocenters. The van der Waals surface area contributed by atoms with Crippen LogP contribution in [0.5, 0.6) is 0 Å². The molecule has 0 saturated heterocycles. The molecule has 1 aromatic rings. The Morgan fingerprint density at radius 1 is 1.47 bits per heavy atom. The molecule has 1 fully saturated rings.